The highest BCUT2D eigenvalue weighted by atomic mass is 35.5. The lowest BCUT2D eigenvalue weighted by Crippen LogP contribution is -2.06. The van der Waals surface area contributed by atoms with E-state index in [1.165, 1.54) is 31.6 Å². The van der Waals surface area contributed by atoms with Crippen LogP contribution in [0.5, 0.6) is 5.88 Å². The normalized spacial score (nSPS) is 10.1. The molecule has 2 aromatic heterocycles. The fourth-order valence-electron chi connectivity index (χ4n) is 1.18. The number of hydrogen-bond acceptors (Lipinski definition) is 5. The topological polar surface area (TPSA) is 65.2 Å². The molecule has 0 aromatic carbocycles. The lowest BCUT2D eigenvalue weighted by molar-refractivity contribution is 0.100. The van der Waals surface area contributed by atoms with Gasteiger partial charge in [0.25, 0.3) is 5.78 Å². The molecule has 16 heavy (non-hydrogen) atoms. The SMILES string of the molecule is COc1nccnc1C(=O)c1ccc(Cl)o1. The number of nitrogens with zero attached hydrogens (tertiary/aromatic N) is 2. The van der Waals surface area contributed by atoms with Crippen molar-refractivity contribution in [3.8, 4) is 5.88 Å². The second-order valence-corrected chi connectivity index (χ2v) is 3.22. The zero-order chi connectivity index (χ0) is 11.5. The summed E-state index contributed by atoms with van der Waals surface area (Å²) in [5, 5.41) is 0.145. The maximum absolute atomic E-state index is 11.9. The Labute approximate surface area is 96.0 Å². The van der Waals surface area contributed by atoms with Crippen LogP contribution in [0.15, 0.2) is 28.9 Å². The third kappa shape index (κ3) is 1.90. The van der Waals surface area contributed by atoms with Crippen molar-refractivity contribution < 1.29 is 13.9 Å². The first-order valence-electron chi connectivity index (χ1n) is 4.37. The van der Waals surface area contributed by atoms with E-state index in [9.17, 15) is 4.79 Å². The number of methoxy groups -OCH3 is 1. The molecule has 2 aromatic rings. The number of halogens is 1. The molecule has 2 heterocycles. The van der Waals surface area contributed by atoms with E-state index < -0.39 is 5.78 Å². The van der Waals surface area contributed by atoms with Gasteiger partial charge in [-0.3, -0.25) is 4.79 Å². The molecule has 0 amide bonds. The van der Waals surface area contributed by atoms with Crippen LogP contribution in [0, 0.1) is 0 Å². The van der Waals surface area contributed by atoms with Crippen molar-refractivity contribution in [2.75, 3.05) is 7.11 Å². The highest BCUT2D eigenvalue weighted by Crippen LogP contribution is 2.19. The summed E-state index contributed by atoms with van der Waals surface area (Å²) in [6.07, 6.45) is 2.84. The summed E-state index contributed by atoms with van der Waals surface area (Å²) in [6.45, 7) is 0. The van der Waals surface area contributed by atoms with Crippen LogP contribution in [-0.4, -0.2) is 22.9 Å². The number of carbonyl (C=O) groups is 1. The molecule has 5 nitrogen and oxygen atoms in total. The second kappa shape index (κ2) is 4.32. The van der Waals surface area contributed by atoms with E-state index in [0.717, 1.165) is 0 Å². The molecule has 0 bridgehead atoms. The molecule has 6 heteroatoms. The summed E-state index contributed by atoms with van der Waals surface area (Å²) in [5.41, 5.74) is 0.0935. The molecule has 0 atom stereocenters. The van der Waals surface area contributed by atoms with Crippen molar-refractivity contribution in [1.82, 2.24) is 9.97 Å². The van der Waals surface area contributed by atoms with Crippen LogP contribution < -0.4 is 4.74 Å². The van der Waals surface area contributed by atoms with E-state index in [-0.39, 0.29) is 22.6 Å². The molecule has 0 aliphatic carbocycles. The number of furan rings is 1. The van der Waals surface area contributed by atoms with E-state index in [2.05, 4.69) is 9.97 Å². The zero-order valence-electron chi connectivity index (χ0n) is 8.31. The molecule has 0 fully saturated rings. The van der Waals surface area contributed by atoms with Gasteiger partial charge in [-0.2, -0.15) is 0 Å². The first-order valence-corrected chi connectivity index (χ1v) is 4.75. The Morgan fingerprint density at radius 3 is 2.75 bits per heavy atom. The Bertz CT molecular complexity index is 524. The van der Waals surface area contributed by atoms with Crippen LogP contribution in [0.1, 0.15) is 16.2 Å². The molecule has 0 unspecified atom stereocenters. The largest absolute Gasteiger partial charge is 0.479 e. The van der Waals surface area contributed by atoms with Crippen molar-refractivity contribution in [3.05, 3.63) is 41.2 Å². The van der Waals surface area contributed by atoms with Gasteiger partial charge in [-0.1, -0.05) is 0 Å². The molecule has 0 saturated carbocycles. The molecule has 0 aliphatic rings. The summed E-state index contributed by atoms with van der Waals surface area (Å²) in [7, 11) is 1.41. The van der Waals surface area contributed by atoms with E-state index in [1.807, 2.05) is 0 Å². The van der Waals surface area contributed by atoms with Gasteiger partial charge in [-0.05, 0) is 23.7 Å². The van der Waals surface area contributed by atoms with E-state index in [0.29, 0.717) is 0 Å². The third-order valence-corrected chi connectivity index (χ3v) is 2.07. The zero-order valence-corrected chi connectivity index (χ0v) is 9.06. The molecule has 0 aliphatic heterocycles. The quantitative estimate of drug-likeness (QED) is 0.765. The number of aromatic nitrogens is 2. The van der Waals surface area contributed by atoms with Crippen LogP contribution >= 0.6 is 11.6 Å². The Morgan fingerprint density at radius 2 is 2.12 bits per heavy atom. The summed E-state index contributed by atoms with van der Waals surface area (Å²) >= 11 is 5.58. The van der Waals surface area contributed by atoms with E-state index in [4.69, 9.17) is 20.8 Å². The van der Waals surface area contributed by atoms with Gasteiger partial charge in [0.05, 0.1) is 7.11 Å². The first kappa shape index (κ1) is 10.6. The van der Waals surface area contributed by atoms with Gasteiger partial charge in [-0.15, -0.1) is 0 Å². The number of carbonyl (C=O) groups excluding carboxylic acids is 1. The first-order chi connectivity index (χ1) is 7.72. The molecule has 2 rings (SSSR count). The number of ether oxygens (including phenoxy) is 1. The minimum atomic E-state index is -0.420. The molecule has 0 spiro atoms. The number of ketones is 1. The van der Waals surface area contributed by atoms with E-state index >= 15 is 0 Å². The average molecular weight is 239 g/mol. The van der Waals surface area contributed by atoms with Crippen molar-refractivity contribution in [2.45, 2.75) is 0 Å². The average Bonchev–Trinajstić information content (AvgIpc) is 2.75. The van der Waals surface area contributed by atoms with Crippen LogP contribution in [0.2, 0.25) is 5.22 Å². The second-order valence-electron chi connectivity index (χ2n) is 2.85. The lowest BCUT2D eigenvalue weighted by Gasteiger charge is -2.02. The highest BCUT2D eigenvalue weighted by molar-refractivity contribution is 6.29. The molecule has 0 radical (unpaired) electrons. The van der Waals surface area contributed by atoms with Gasteiger partial charge in [0, 0.05) is 12.4 Å². The van der Waals surface area contributed by atoms with Crippen LogP contribution in [-0.2, 0) is 0 Å². The maximum Gasteiger partial charge on any atom is 0.252 e. The van der Waals surface area contributed by atoms with Crippen LogP contribution in [0.25, 0.3) is 0 Å². The predicted octanol–water partition coefficient (Wildman–Crippen LogP) is 1.96. The van der Waals surface area contributed by atoms with Gasteiger partial charge >= 0.3 is 0 Å². The highest BCUT2D eigenvalue weighted by Gasteiger charge is 2.19. The fraction of sp³-hybridized carbons (Fsp3) is 0.100. The summed E-state index contributed by atoms with van der Waals surface area (Å²) < 4.78 is 9.92. The summed E-state index contributed by atoms with van der Waals surface area (Å²) in [6, 6.07) is 2.95. The van der Waals surface area contributed by atoms with Crippen molar-refractivity contribution in [2.24, 2.45) is 0 Å². The third-order valence-electron chi connectivity index (χ3n) is 1.87. The molecule has 0 N–H and O–H groups in total. The Balaban J connectivity index is 2.41. The molecular formula is C10H7ClN2O3. The standard InChI is InChI=1S/C10H7ClN2O3/c1-15-10-8(12-4-5-13-10)9(14)6-2-3-7(11)16-6/h2-5H,1H3. The lowest BCUT2D eigenvalue weighted by atomic mass is 10.2. The molecular weight excluding hydrogens is 232 g/mol. The minimum absolute atomic E-state index is 0.0935. The maximum atomic E-state index is 11.9. The van der Waals surface area contributed by atoms with Gasteiger partial charge in [0.15, 0.2) is 16.7 Å². The Hall–Kier alpha value is -1.88. The molecule has 82 valence electrons. The van der Waals surface area contributed by atoms with Gasteiger partial charge in [-0.25, -0.2) is 9.97 Å². The van der Waals surface area contributed by atoms with Crippen molar-refractivity contribution >= 4 is 17.4 Å². The van der Waals surface area contributed by atoms with Gasteiger partial charge in [0.2, 0.25) is 5.88 Å². The molecule has 0 saturated heterocycles. The fourth-order valence-corrected chi connectivity index (χ4v) is 1.33. The van der Waals surface area contributed by atoms with Crippen LogP contribution in [0.3, 0.4) is 0 Å². The van der Waals surface area contributed by atoms with Crippen LogP contribution in [0.4, 0.5) is 0 Å². The number of rotatable bonds is 3. The van der Waals surface area contributed by atoms with Crippen molar-refractivity contribution in [3.63, 3.8) is 0 Å². The summed E-state index contributed by atoms with van der Waals surface area (Å²) in [5.74, 6) is -0.166. The van der Waals surface area contributed by atoms with Crippen molar-refractivity contribution in [1.29, 1.82) is 0 Å². The smallest absolute Gasteiger partial charge is 0.252 e. The summed E-state index contributed by atoms with van der Waals surface area (Å²) in [4.78, 5) is 19.7. The number of hydrogen-bond donors (Lipinski definition) is 0. The predicted molar refractivity (Wildman–Crippen MR) is 55.7 cm³/mol. The van der Waals surface area contributed by atoms with Gasteiger partial charge < -0.3 is 9.15 Å². The Kier molecular flexibility index (Phi) is 2.87. The Morgan fingerprint density at radius 1 is 1.38 bits per heavy atom. The van der Waals surface area contributed by atoms with E-state index in [1.54, 1.807) is 0 Å². The monoisotopic (exact) mass is 238 g/mol. The van der Waals surface area contributed by atoms with Gasteiger partial charge in [0.1, 0.15) is 0 Å². The minimum Gasteiger partial charge on any atom is -0.479 e.